The first-order valence-corrected chi connectivity index (χ1v) is 9.76. The highest BCUT2D eigenvalue weighted by atomic mass is 15.1. The van der Waals surface area contributed by atoms with Gasteiger partial charge in [0.1, 0.15) is 6.33 Å². The van der Waals surface area contributed by atoms with E-state index >= 15 is 0 Å². The first kappa shape index (κ1) is 17.1. The molecule has 138 valence electrons. The molecule has 0 saturated carbocycles. The molecule has 4 aromatic rings. The van der Waals surface area contributed by atoms with Gasteiger partial charge in [-0.1, -0.05) is 54.6 Å². The third-order valence-electron chi connectivity index (χ3n) is 5.98. The van der Waals surface area contributed by atoms with Crippen LogP contribution in [0.3, 0.4) is 0 Å². The third-order valence-corrected chi connectivity index (χ3v) is 5.98. The maximum atomic E-state index is 4.20. The van der Waals surface area contributed by atoms with Crippen molar-refractivity contribution in [2.45, 2.75) is 19.4 Å². The number of rotatable bonds is 2. The Morgan fingerprint density at radius 3 is 2.54 bits per heavy atom. The third kappa shape index (κ3) is 2.88. The van der Waals surface area contributed by atoms with Gasteiger partial charge in [-0.3, -0.25) is 0 Å². The van der Waals surface area contributed by atoms with Gasteiger partial charge < -0.3 is 4.90 Å². The summed E-state index contributed by atoms with van der Waals surface area (Å²) in [5, 5.41) is 2.61. The van der Waals surface area contributed by atoms with Crippen LogP contribution in [0.15, 0.2) is 73.3 Å². The first-order chi connectivity index (χ1) is 13.7. The van der Waals surface area contributed by atoms with Gasteiger partial charge in [0.05, 0.1) is 0 Å². The molecule has 3 aromatic carbocycles. The van der Waals surface area contributed by atoms with Crippen LogP contribution in [0.4, 0.5) is 0 Å². The molecule has 2 heterocycles. The van der Waals surface area contributed by atoms with E-state index in [2.05, 4.69) is 83.4 Å². The molecule has 5 rings (SSSR count). The maximum absolute atomic E-state index is 4.20. The molecule has 1 aliphatic heterocycles. The second-order valence-corrected chi connectivity index (χ2v) is 7.79. The maximum Gasteiger partial charge on any atom is 0.115 e. The second-order valence-electron chi connectivity index (χ2n) is 7.79. The Balaban J connectivity index is 1.63. The Morgan fingerprint density at radius 1 is 0.929 bits per heavy atom. The van der Waals surface area contributed by atoms with Gasteiger partial charge in [-0.15, -0.1) is 0 Å². The largest absolute Gasteiger partial charge is 0.301 e. The molecule has 3 heteroatoms. The lowest BCUT2D eigenvalue weighted by molar-refractivity contribution is 0.294. The Bertz CT molecular complexity index is 1150. The molecular formula is C25H23N3. The molecule has 0 amide bonds. The van der Waals surface area contributed by atoms with Crippen LogP contribution in [0.1, 0.15) is 28.2 Å². The van der Waals surface area contributed by atoms with Gasteiger partial charge in [0.25, 0.3) is 0 Å². The van der Waals surface area contributed by atoms with Gasteiger partial charge in [-0.05, 0) is 52.6 Å². The molecule has 0 saturated heterocycles. The van der Waals surface area contributed by atoms with Crippen LogP contribution in [-0.4, -0.2) is 28.5 Å². The molecule has 1 aliphatic rings. The lowest BCUT2D eigenvalue weighted by Crippen LogP contribution is -2.31. The monoisotopic (exact) mass is 365 g/mol. The van der Waals surface area contributed by atoms with Gasteiger partial charge in [0, 0.05) is 37.0 Å². The minimum Gasteiger partial charge on any atom is -0.301 e. The average Bonchev–Trinajstić information content (AvgIpc) is 2.74. The fraction of sp³-hybridized carbons (Fsp3) is 0.200. The zero-order valence-corrected chi connectivity index (χ0v) is 16.3. The molecule has 0 bridgehead atoms. The van der Waals surface area contributed by atoms with Crippen molar-refractivity contribution in [2.75, 3.05) is 13.6 Å². The predicted octanol–water partition coefficient (Wildman–Crippen LogP) is 5.18. The van der Waals surface area contributed by atoms with Crippen LogP contribution in [0.2, 0.25) is 0 Å². The van der Waals surface area contributed by atoms with Gasteiger partial charge >= 0.3 is 0 Å². The topological polar surface area (TPSA) is 29.0 Å². The Labute approximate surface area is 165 Å². The smallest absolute Gasteiger partial charge is 0.115 e. The highest BCUT2D eigenvalue weighted by Gasteiger charge is 2.27. The molecule has 0 fully saturated rings. The summed E-state index contributed by atoms with van der Waals surface area (Å²) < 4.78 is 0. The van der Waals surface area contributed by atoms with Crippen molar-refractivity contribution in [1.29, 1.82) is 0 Å². The van der Waals surface area contributed by atoms with Crippen LogP contribution in [0, 0.1) is 6.92 Å². The molecule has 0 radical (unpaired) electrons. The van der Waals surface area contributed by atoms with E-state index in [0.717, 1.165) is 18.7 Å². The number of aromatic nitrogens is 2. The molecule has 0 spiro atoms. The fourth-order valence-electron chi connectivity index (χ4n) is 4.52. The van der Waals surface area contributed by atoms with Gasteiger partial charge in [0.2, 0.25) is 0 Å². The number of fused-ring (bicyclic) bond motifs is 2. The van der Waals surface area contributed by atoms with Crippen LogP contribution in [0.5, 0.6) is 0 Å². The molecule has 28 heavy (non-hydrogen) atoms. The lowest BCUT2D eigenvalue weighted by atomic mass is 9.81. The van der Waals surface area contributed by atoms with E-state index in [1.807, 2.05) is 12.4 Å². The van der Waals surface area contributed by atoms with E-state index in [9.17, 15) is 0 Å². The minimum absolute atomic E-state index is 0.387. The lowest BCUT2D eigenvalue weighted by Gasteiger charge is -2.34. The molecule has 3 nitrogen and oxygen atoms in total. The Morgan fingerprint density at radius 2 is 1.71 bits per heavy atom. The van der Waals surface area contributed by atoms with Crippen molar-refractivity contribution in [2.24, 2.45) is 0 Å². The SMILES string of the molecule is Cc1c(-c2cncnc2)ccc2c1CN(C)CC2c1ccc2ccccc2c1. The Hall–Kier alpha value is -3.04. The molecule has 0 aliphatic carbocycles. The zero-order chi connectivity index (χ0) is 19.1. The zero-order valence-electron chi connectivity index (χ0n) is 16.3. The van der Waals surface area contributed by atoms with E-state index in [-0.39, 0.29) is 0 Å². The molecule has 1 unspecified atom stereocenters. The van der Waals surface area contributed by atoms with E-state index < -0.39 is 0 Å². The Kier molecular flexibility index (Phi) is 4.18. The summed E-state index contributed by atoms with van der Waals surface area (Å²) >= 11 is 0. The first-order valence-electron chi connectivity index (χ1n) is 9.76. The minimum atomic E-state index is 0.387. The number of nitrogens with zero attached hydrogens (tertiary/aromatic N) is 3. The number of hydrogen-bond acceptors (Lipinski definition) is 3. The summed E-state index contributed by atoms with van der Waals surface area (Å²) in [5.74, 6) is 0.387. The van der Waals surface area contributed by atoms with Crippen LogP contribution < -0.4 is 0 Å². The van der Waals surface area contributed by atoms with Crippen molar-refractivity contribution in [3.05, 3.63) is 95.6 Å². The quantitative estimate of drug-likeness (QED) is 0.490. The standard InChI is InChI=1S/C25H23N3/c1-17-22(21-12-26-16-27-13-21)9-10-23-24(17)14-28(2)15-25(23)20-8-7-18-5-3-4-6-19(18)11-20/h3-13,16,25H,14-15H2,1-2H3. The summed E-state index contributed by atoms with van der Waals surface area (Å²) in [6, 6.07) is 20.1. The van der Waals surface area contributed by atoms with Crippen molar-refractivity contribution in [3.8, 4) is 11.1 Å². The second kappa shape index (κ2) is 6.84. The summed E-state index contributed by atoms with van der Waals surface area (Å²) in [6.45, 7) is 4.25. The van der Waals surface area contributed by atoms with Crippen LogP contribution in [0.25, 0.3) is 21.9 Å². The average molecular weight is 365 g/mol. The summed E-state index contributed by atoms with van der Waals surface area (Å²) in [6.07, 6.45) is 5.38. The fourth-order valence-corrected chi connectivity index (χ4v) is 4.52. The highest BCUT2D eigenvalue weighted by molar-refractivity contribution is 5.83. The normalized spacial score (nSPS) is 16.9. The molecule has 0 N–H and O–H groups in total. The highest BCUT2D eigenvalue weighted by Crippen LogP contribution is 2.38. The van der Waals surface area contributed by atoms with Gasteiger partial charge in [0.15, 0.2) is 0 Å². The number of benzene rings is 3. The van der Waals surface area contributed by atoms with E-state index in [1.54, 1.807) is 6.33 Å². The van der Waals surface area contributed by atoms with Crippen LogP contribution >= 0.6 is 0 Å². The number of hydrogen-bond donors (Lipinski definition) is 0. The molecule has 1 aromatic heterocycles. The molecular weight excluding hydrogens is 342 g/mol. The molecule has 1 atom stereocenters. The van der Waals surface area contributed by atoms with Crippen molar-refractivity contribution in [1.82, 2.24) is 14.9 Å². The van der Waals surface area contributed by atoms with E-state index in [1.165, 1.54) is 38.6 Å². The van der Waals surface area contributed by atoms with Gasteiger partial charge in [-0.25, -0.2) is 9.97 Å². The van der Waals surface area contributed by atoms with Crippen molar-refractivity contribution in [3.63, 3.8) is 0 Å². The van der Waals surface area contributed by atoms with Crippen molar-refractivity contribution >= 4 is 10.8 Å². The van der Waals surface area contributed by atoms with Crippen molar-refractivity contribution < 1.29 is 0 Å². The summed E-state index contributed by atoms with van der Waals surface area (Å²) in [5.41, 5.74) is 7.93. The summed E-state index contributed by atoms with van der Waals surface area (Å²) in [4.78, 5) is 10.8. The van der Waals surface area contributed by atoms with E-state index in [0.29, 0.717) is 5.92 Å². The summed E-state index contributed by atoms with van der Waals surface area (Å²) in [7, 11) is 2.22. The predicted molar refractivity (Wildman–Crippen MR) is 114 cm³/mol. The van der Waals surface area contributed by atoms with Crippen LogP contribution in [-0.2, 0) is 6.54 Å². The van der Waals surface area contributed by atoms with E-state index in [4.69, 9.17) is 0 Å². The number of likely N-dealkylation sites (N-methyl/N-ethyl adjacent to an activating group) is 1. The van der Waals surface area contributed by atoms with Gasteiger partial charge in [-0.2, -0.15) is 0 Å².